The summed E-state index contributed by atoms with van der Waals surface area (Å²) in [5.41, 5.74) is -2.20. The fourth-order valence-electron chi connectivity index (χ4n) is 2.73. The Hall–Kier alpha value is -3.34. The van der Waals surface area contributed by atoms with E-state index >= 15 is 0 Å². The number of hydrogen-bond donors (Lipinski definition) is 5. The van der Waals surface area contributed by atoms with Gasteiger partial charge in [0.15, 0.2) is 17.3 Å². The van der Waals surface area contributed by atoms with Crippen LogP contribution in [0.15, 0.2) is 27.5 Å². The van der Waals surface area contributed by atoms with Crippen LogP contribution >= 0.6 is 31.9 Å². The average Bonchev–Trinajstić information content (AvgIpc) is 3.17. The van der Waals surface area contributed by atoms with E-state index in [4.69, 9.17) is 5.11 Å². The van der Waals surface area contributed by atoms with Gasteiger partial charge < -0.3 is 26.0 Å². The number of carboxylic acid groups (broad SMARTS) is 1. The summed E-state index contributed by atoms with van der Waals surface area (Å²) in [5, 5.41) is 37.3. The smallest absolute Gasteiger partial charge is 0.355 e. The number of aryl methyl sites for hydroxylation is 1. The molecule has 0 bridgehead atoms. The Morgan fingerprint density at radius 2 is 1.34 bits per heavy atom. The molecule has 0 saturated heterocycles. The number of anilines is 1. The molecule has 204 valence electrons. The minimum Gasteiger partial charge on any atom is -0.476 e. The van der Waals surface area contributed by atoms with Crippen LogP contribution in [-0.4, -0.2) is 69.9 Å². The van der Waals surface area contributed by atoms with Crippen molar-refractivity contribution in [2.24, 2.45) is 7.05 Å². The zero-order valence-electron chi connectivity index (χ0n) is 21.2. The van der Waals surface area contributed by atoms with Crippen molar-refractivity contribution in [2.75, 3.05) is 12.4 Å². The van der Waals surface area contributed by atoms with Crippen LogP contribution in [0.2, 0.25) is 0 Å². The predicted octanol–water partition coefficient (Wildman–Crippen LogP) is 1.98. The summed E-state index contributed by atoms with van der Waals surface area (Å²) in [6.07, 6.45) is 4.07. The second-order valence-corrected chi connectivity index (χ2v) is 10.5. The molecular weight excluding hydrogens is 632 g/mol. The number of nitrogens with zero attached hydrogens (tertiary/aromatic N) is 6. The van der Waals surface area contributed by atoms with Gasteiger partial charge in [0.2, 0.25) is 0 Å². The Morgan fingerprint density at radius 1 is 0.868 bits per heavy atom. The lowest BCUT2D eigenvalue weighted by molar-refractivity contribution is 0.0644. The van der Waals surface area contributed by atoms with E-state index in [-0.39, 0.29) is 44.8 Å². The van der Waals surface area contributed by atoms with Crippen LogP contribution in [0, 0.1) is 0 Å². The first-order valence-corrected chi connectivity index (χ1v) is 12.4. The molecule has 3 aromatic rings. The maximum Gasteiger partial charge on any atom is 0.355 e. The number of aromatic nitrogens is 6. The first-order chi connectivity index (χ1) is 17.5. The summed E-state index contributed by atoms with van der Waals surface area (Å²) < 4.78 is 2.00. The van der Waals surface area contributed by atoms with Crippen LogP contribution in [-0.2, 0) is 18.2 Å². The molecule has 0 unspecified atom stereocenters. The molecule has 0 aromatic carbocycles. The summed E-state index contributed by atoms with van der Waals surface area (Å²) in [7, 11) is 3.07. The number of hydrogen-bond acceptors (Lipinski definition) is 10. The Balaban J connectivity index is 0.000000308. The van der Waals surface area contributed by atoms with E-state index in [0.717, 1.165) is 0 Å². The molecular formula is C22H26Br2N8O6. The molecule has 0 saturated carbocycles. The van der Waals surface area contributed by atoms with Gasteiger partial charge in [0, 0.05) is 26.5 Å². The largest absolute Gasteiger partial charge is 0.476 e. The van der Waals surface area contributed by atoms with E-state index in [1.807, 2.05) is 0 Å². The Kier molecular flexibility index (Phi) is 9.77. The molecule has 3 aromatic heterocycles. The summed E-state index contributed by atoms with van der Waals surface area (Å²) >= 11 is 6.22. The third kappa shape index (κ3) is 7.59. The van der Waals surface area contributed by atoms with E-state index in [9.17, 15) is 24.6 Å². The lowest BCUT2D eigenvalue weighted by atomic mass is 10.1. The van der Waals surface area contributed by atoms with Crippen LogP contribution < -0.4 is 10.6 Å². The molecule has 0 atom stereocenters. The van der Waals surface area contributed by atoms with Crippen molar-refractivity contribution in [1.29, 1.82) is 0 Å². The number of aromatic carboxylic acids is 1. The van der Waals surface area contributed by atoms with Crippen molar-refractivity contribution in [3.05, 3.63) is 56.3 Å². The second-order valence-electron chi connectivity index (χ2n) is 8.77. The van der Waals surface area contributed by atoms with Crippen molar-refractivity contribution in [2.45, 2.75) is 38.9 Å². The van der Waals surface area contributed by atoms with Gasteiger partial charge in [0.25, 0.3) is 11.8 Å². The SMILES string of the molecule is CC(C)(O)c1ncc(Br)c(C(=O)O)n1.CNC(=O)c1c(NC(=O)c2nc(C(C)(C)O)ncc2Br)cnn1C. The molecule has 16 heteroatoms. The van der Waals surface area contributed by atoms with E-state index < -0.39 is 23.1 Å². The maximum atomic E-state index is 12.5. The summed E-state index contributed by atoms with van der Waals surface area (Å²) in [4.78, 5) is 50.7. The van der Waals surface area contributed by atoms with Crippen LogP contribution in [0.1, 0.15) is 70.8 Å². The van der Waals surface area contributed by atoms with Gasteiger partial charge in [-0.2, -0.15) is 5.10 Å². The number of nitrogens with one attached hydrogen (secondary N) is 2. The molecule has 3 rings (SSSR count). The molecule has 0 spiro atoms. The Bertz CT molecular complexity index is 1360. The van der Waals surface area contributed by atoms with Gasteiger partial charge in [-0.05, 0) is 59.6 Å². The summed E-state index contributed by atoms with van der Waals surface area (Å²) in [5.74, 6) is -1.92. The third-order valence-corrected chi connectivity index (χ3v) is 5.79. The van der Waals surface area contributed by atoms with Gasteiger partial charge in [-0.25, -0.2) is 24.7 Å². The highest BCUT2D eigenvalue weighted by Crippen LogP contribution is 2.22. The van der Waals surface area contributed by atoms with Gasteiger partial charge in [0.05, 0.1) is 20.8 Å². The first kappa shape index (κ1) is 30.9. The molecule has 14 nitrogen and oxygen atoms in total. The van der Waals surface area contributed by atoms with Crippen LogP contribution in [0.5, 0.6) is 0 Å². The molecule has 0 aliphatic heterocycles. The minimum absolute atomic E-state index is 0.0360. The maximum absolute atomic E-state index is 12.5. The van der Waals surface area contributed by atoms with Crippen molar-refractivity contribution in [3.8, 4) is 0 Å². The first-order valence-electron chi connectivity index (χ1n) is 10.8. The monoisotopic (exact) mass is 656 g/mol. The van der Waals surface area contributed by atoms with Crippen LogP contribution in [0.4, 0.5) is 5.69 Å². The molecule has 3 heterocycles. The van der Waals surface area contributed by atoms with Crippen molar-refractivity contribution >= 4 is 55.3 Å². The number of rotatable bonds is 6. The quantitative estimate of drug-likeness (QED) is 0.259. The Labute approximate surface area is 234 Å². The highest BCUT2D eigenvalue weighted by atomic mass is 79.9. The van der Waals surface area contributed by atoms with Gasteiger partial charge in [-0.15, -0.1) is 0 Å². The fraction of sp³-hybridized carbons (Fsp3) is 0.364. The van der Waals surface area contributed by atoms with Gasteiger partial charge in [0.1, 0.15) is 22.6 Å². The lowest BCUT2D eigenvalue weighted by Gasteiger charge is -2.16. The minimum atomic E-state index is -1.29. The highest BCUT2D eigenvalue weighted by Gasteiger charge is 2.25. The number of amides is 2. The van der Waals surface area contributed by atoms with Crippen molar-refractivity contribution in [3.63, 3.8) is 0 Å². The van der Waals surface area contributed by atoms with E-state index in [1.165, 1.54) is 58.0 Å². The van der Waals surface area contributed by atoms with E-state index in [0.29, 0.717) is 4.47 Å². The predicted molar refractivity (Wildman–Crippen MR) is 141 cm³/mol. The number of halogens is 2. The molecule has 0 radical (unpaired) electrons. The molecule has 38 heavy (non-hydrogen) atoms. The molecule has 0 fully saturated rings. The fourth-order valence-corrected chi connectivity index (χ4v) is 3.46. The third-order valence-electron chi connectivity index (χ3n) is 4.63. The summed E-state index contributed by atoms with van der Waals surface area (Å²) in [6.45, 7) is 6.01. The summed E-state index contributed by atoms with van der Waals surface area (Å²) in [6, 6.07) is 0. The molecule has 5 N–H and O–H groups in total. The number of carbonyl (C=O) groups excluding carboxylic acids is 2. The van der Waals surface area contributed by atoms with Gasteiger partial charge in [-0.3, -0.25) is 14.3 Å². The normalized spacial score (nSPS) is 11.3. The average molecular weight is 658 g/mol. The van der Waals surface area contributed by atoms with Gasteiger partial charge >= 0.3 is 5.97 Å². The van der Waals surface area contributed by atoms with Crippen molar-refractivity contribution < 1.29 is 29.7 Å². The zero-order chi connectivity index (χ0) is 29.0. The second kappa shape index (κ2) is 12.0. The standard InChI is InChI=1S/C14H17BrN6O3.C8H9BrN2O3/c1-14(2,24)13-17-5-7(15)9(20-13)11(22)19-8-6-18-21(4)10(8)12(23)16-3;1-8(2,14)7-10-3-4(9)5(11-7)6(12)13/h5-6,24H,1-4H3,(H,16,23)(H,19,22);3,14H,1-2H3,(H,12,13). The number of carboxylic acids is 1. The van der Waals surface area contributed by atoms with Gasteiger partial charge in [-0.1, -0.05) is 0 Å². The molecule has 0 aliphatic rings. The topological polar surface area (TPSA) is 205 Å². The molecule has 2 amide bonds. The molecule has 0 aliphatic carbocycles. The zero-order valence-corrected chi connectivity index (χ0v) is 24.4. The van der Waals surface area contributed by atoms with Crippen LogP contribution in [0.25, 0.3) is 0 Å². The lowest BCUT2D eigenvalue weighted by Crippen LogP contribution is -2.25. The Morgan fingerprint density at radius 3 is 1.79 bits per heavy atom. The number of carbonyl (C=O) groups is 3. The van der Waals surface area contributed by atoms with E-state index in [1.54, 1.807) is 7.05 Å². The van der Waals surface area contributed by atoms with E-state index in [2.05, 4.69) is 67.5 Å². The number of aliphatic hydroxyl groups is 2. The highest BCUT2D eigenvalue weighted by molar-refractivity contribution is 9.10. The van der Waals surface area contributed by atoms with Crippen LogP contribution in [0.3, 0.4) is 0 Å². The van der Waals surface area contributed by atoms with Crippen molar-refractivity contribution in [1.82, 2.24) is 35.0 Å².